The van der Waals surface area contributed by atoms with Gasteiger partial charge in [0, 0.05) is 12.7 Å². The smallest absolute Gasteiger partial charge is 0.356 e. The minimum atomic E-state index is -0.971. The van der Waals surface area contributed by atoms with Crippen LogP contribution in [0.4, 0.5) is 5.69 Å². The van der Waals surface area contributed by atoms with E-state index in [-0.39, 0.29) is 5.69 Å². The van der Waals surface area contributed by atoms with E-state index in [9.17, 15) is 4.79 Å². The summed E-state index contributed by atoms with van der Waals surface area (Å²) in [7, 11) is 0. The van der Waals surface area contributed by atoms with Gasteiger partial charge in [-0.05, 0) is 24.5 Å². The molecule has 0 atom stereocenters. The Kier molecular flexibility index (Phi) is 6.19. The number of carbonyl (C=O) groups is 1. The van der Waals surface area contributed by atoms with Crippen LogP contribution in [0.5, 0.6) is 0 Å². The first kappa shape index (κ1) is 14.5. The summed E-state index contributed by atoms with van der Waals surface area (Å²) in [6, 6.07) is 1.88. The number of nitrogens with zero attached hydrogens (tertiary/aromatic N) is 1. The average molecular weight is 250 g/mol. The molecule has 1 aromatic heterocycles. The second kappa shape index (κ2) is 7.69. The predicted octanol–water partition coefficient (Wildman–Crippen LogP) is 3.33. The van der Waals surface area contributed by atoms with E-state index in [0.717, 1.165) is 24.9 Å². The van der Waals surface area contributed by atoms with Crippen molar-refractivity contribution >= 4 is 11.7 Å². The summed E-state index contributed by atoms with van der Waals surface area (Å²) in [5.41, 5.74) is 1.83. The quantitative estimate of drug-likeness (QED) is 0.695. The van der Waals surface area contributed by atoms with Gasteiger partial charge in [0.05, 0.1) is 5.69 Å². The number of carboxylic acids is 1. The maximum absolute atomic E-state index is 11.1. The number of nitrogens with one attached hydrogen (secondary N) is 1. The Balaban J connectivity index is 2.69. The zero-order valence-electron chi connectivity index (χ0n) is 11.2. The Hall–Kier alpha value is -1.58. The van der Waals surface area contributed by atoms with Crippen LogP contribution in [0.2, 0.25) is 0 Å². The molecule has 0 spiro atoms. The highest BCUT2D eigenvalue weighted by Gasteiger charge is 2.14. The lowest BCUT2D eigenvalue weighted by atomic mass is 10.1. The molecule has 0 aliphatic rings. The number of hydrogen-bond donors (Lipinski definition) is 2. The summed E-state index contributed by atoms with van der Waals surface area (Å²) >= 11 is 0. The van der Waals surface area contributed by atoms with E-state index in [0.29, 0.717) is 5.69 Å². The van der Waals surface area contributed by atoms with Crippen molar-refractivity contribution < 1.29 is 9.90 Å². The van der Waals surface area contributed by atoms with Gasteiger partial charge in [-0.1, -0.05) is 33.1 Å². The highest BCUT2D eigenvalue weighted by Crippen LogP contribution is 2.20. The molecule has 1 aromatic rings. The van der Waals surface area contributed by atoms with E-state index in [4.69, 9.17) is 5.11 Å². The van der Waals surface area contributed by atoms with Crippen LogP contribution in [0.15, 0.2) is 12.3 Å². The van der Waals surface area contributed by atoms with E-state index in [1.54, 1.807) is 6.20 Å². The van der Waals surface area contributed by atoms with E-state index in [1.165, 1.54) is 19.3 Å². The predicted molar refractivity (Wildman–Crippen MR) is 73.2 cm³/mol. The zero-order chi connectivity index (χ0) is 13.4. The van der Waals surface area contributed by atoms with Crippen LogP contribution in [-0.4, -0.2) is 22.6 Å². The van der Waals surface area contributed by atoms with Crippen LogP contribution in [-0.2, 0) is 6.42 Å². The first-order valence-corrected chi connectivity index (χ1v) is 6.65. The van der Waals surface area contributed by atoms with Gasteiger partial charge in [-0.2, -0.15) is 0 Å². The summed E-state index contributed by atoms with van der Waals surface area (Å²) in [5.74, 6) is -0.971. The molecule has 2 N–H and O–H groups in total. The van der Waals surface area contributed by atoms with Gasteiger partial charge in [0.1, 0.15) is 0 Å². The standard InChI is InChI=1S/C14H22N2O2/c1-3-5-6-7-9-15-12-11(4-2)8-10-16-13(12)14(17)18/h8,10,15H,3-7,9H2,1-2H3,(H,17,18). The Labute approximate surface area is 108 Å². The van der Waals surface area contributed by atoms with Gasteiger partial charge in [-0.3, -0.25) is 0 Å². The lowest BCUT2D eigenvalue weighted by Gasteiger charge is -2.12. The number of rotatable bonds is 8. The number of aromatic nitrogens is 1. The average Bonchev–Trinajstić information content (AvgIpc) is 2.38. The molecule has 0 aliphatic carbocycles. The molecule has 0 saturated heterocycles. The van der Waals surface area contributed by atoms with Gasteiger partial charge in [-0.15, -0.1) is 0 Å². The third kappa shape index (κ3) is 4.02. The molecule has 0 radical (unpaired) electrons. The molecule has 1 rings (SSSR count). The molecule has 0 aromatic carbocycles. The second-order valence-electron chi connectivity index (χ2n) is 4.34. The molecule has 18 heavy (non-hydrogen) atoms. The number of aryl methyl sites for hydroxylation is 1. The van der Waals surface area contributed by atoms with E-state index >= 15 is 0 Å². The Morgan fingerprint density at radius 3 is 2.72 bits per heavy atom. The Morgan fingerprint density at radius 1 is 1.33 bits per heavy atom. The number of anilines is 1. The lowest BCUT2D eigenvalue weighted by molar-refractivity contribution is 0.0691. The first-order chi connectivity index (χ1) is 8.70. The summed E-state index contributed by atoms with van der Waals surface area (Å²) in [5, 5.41) is 12.4. The van der Waals surface area contributed by atoms with Crippen LogP contribution >= 0.6 is 0 Å². The van der Waals surface area contributed by atoms with Crippen molar-refractivity contribution in [1.29, 1.82) is 0 Å². The van der Waals surface area contributed by atoms with Crippen molar-refractivity contribution in [2.45, 2.75) is 46.0 Å². The van der Waals surface area contributed by atoms with E-state index in [2.05, 4.69) is 17.2 Å². The van der Waals surface area contributed by atoms with Crippen molar-refractivity contribution in [2.75, 3.05) is 11.9 Å². The summed E-state index contributed by atoms with van der Waals surface area (Å²) in [6.07, 6.45) is 7.03. The molecular formula is C14H22N2O2. The summed E-state index contributed by atoms with van der Waals surface area (Å²) < 4.78 is 0. The second-order valence-corrected chi connectivity index (χ2v) is 4.34. The SMILES string of the molecule is CCCCCCNc1c(CC)ccnc1C(=O)O. The number of carboxylic acid groups (broad SMARTS) is 1. The van der Waals surface area contributed by atoms with E-state index < -0.39 is 5.97 Å². The third-order valence-corrected chi connectivity index (χ3v) is 2.95. The van der Waals surface area contributed by atoms with Gasteiger partial charge in [0.15, 0.2) is 5.69 Å². The van der Waals surface area contributed by atoms with Gasteiger partial charge in [0.2, 0.25) is 0 Å². The monoisotopic (exact) mass is 250 g/mol. The highest BCUT2D eigenvalue weighted by molar-refractivity contribution is 5.92. The third-order valence-electron chi connectivity index (χ3n) is 2.95. The largest absolute Gasteiger partial charge is 0.476 e. The summed E-state index contributed by atoms with van der Waals surface area (Å²) in [6.45, 7) is 4.99. The minimum absolute atomic E-state index is 0.129. The Morgan fingerprint density at radius 2 is 2.11 bits per heavy atom. The Bertz CT molecular complexity index is 391. The van der Waals surface area contributed by atoms with Gasteiger partial charge >= 0.3 is 5.97 Å². The van der Waals surface area contributed by atoms with Crippen molar-refractivity contribution in [3.8, 4) is 0 Å². The van der Waals surface area contributed by atoms with Crippen molar-refractivity contribution in [2.24, 2.45) is 0 Å². The van der Waals surface area contributed by atoms with Gasteiger partial charge in [0.25, 0.3) is 0 Å². The molecule has 4 heteroatoms. The molecule has 1 heterocycles. The maximum atomic E-state index is 11.1. The molecule has 0 bridgehead atoms. The number of unbranched alkanes of at least 4 members (excludes halogenated alkanes) is 3. The topological polar surface area (TPSA) is 62.2 Å². The van der Waals surface area contributed by atoms with Crippen LogP contribution < -0.4 is 5.32 Å². The fraction of sp³-hybridized carbons (Fsp3) is 0.571. The molecule has 0 aliphatic heterocycles. The molecule has 0 unspecified atom stereocenters. The molecular weight excluding hydrogens is 228 g/mol. The highest BCUT2D eigenvalue weighted by atomic mass is 16.4. The van der Waals surface area contributed by atoms with Crippen LogP contribution in [0.3, 0.4) is 0 Å². The van der Waals surface area contributed by atoms with Crippen molar-refractivity contribution in [1.82, 2.24) is 4.98 Å². The number of hydrogen-bond acceptors (Lipinski definition) is 3. The molecule has 100 valence electrons. The maximum Gasteiger partial charge on any atom is 0.356 e. The first-order valence-electron chi connectivity index (χ1n) is 6.65. The van der Waals surface area contributed by atoms with Crippen molar-refractivity contribution in [3.63, 3.8) is 0 Å². The van der Waals surface area contributed by atoms with Crippen LogP contribution in [0.25, 0.3) is 0 Å². The van der Waals surface area contributed by atoms with Crippen LogP contribution in [0.1, 0.15) is 55.6 Å². The fourth-order valence-corrected chi connectivity index (χ4v) is 1.92. The minimum Gasteiger partial charge on any atom is -0.476 e. The van der Waals surface area contributed by atoms with Gasteiger partial charge < -0.3 is 10.4 Å². The lowest BCUT2D eigenvalue weighted by Crippen LogP contribution is -2.12. The van der Waals surface area contributed by atoms with E-state index in [1.807, 2.05) is 13.0 Å². The molecule has 4 nitrogen and oxygen atoms in total. The molecule has 0 amide bonds. The van der Waals surface area contributed by atoms with Crippen LogP contribution in [0, 0.1) is 0 Å². The number of aromatic carboxylic acids is 1. The fourth-order valence-electron chi connectivity index (χ4n) is 1.92. The van der Waals surface area contributed by atoms with Crippen molar-refractivity contribution in [3.05, 3.63) is 23.5 Å². The zero-order valence-corrected chi connectivity index (χ0v) is 11.2. The summed E-state index contributed by atoms with van der Waals surface area (Å²) in [4.78, 5) is 15.1. The molecule has 0 fully saturated rings. The number of pyridine rings is 1. The molecule has 0 saturated carbocycles. The normalized spacial score (nSPS) is 10.3. The van der Waals surface area contributed by atoms with Gasteiger partial charge in [-0.25, -0.2) is 9.78 Å².